The number of rotatable bonds is 6. The van der Waals surface area contributed by atoms with Crippen molar-refractivity contribution < 1.29 is 18.0 Å². The SMILES string of the molecule is O=C1c2ccc(-c3ncc(F)c(Nc4ccc(-c5cn[nH]c5)cc4)n3)cc2CN1CN1CC(F)(F)C1. The minimum absolute atomic E-state index is 0.0213. The largest absolute Gasteiger partial charge is 0.338 e. The third-order valence-corrected chi connectivity index (χ3v) is 6.25. The van der Waals surface area contributed by atoms with Gasteiger partial charge in [-0.1, -0.05) is 18.2 Å². The molecule has 2 aliphatic rings. The van der Waals surface area contributed by atoms with Gasteiger partial charge in [0.05, 0.1) is 32.2 Å². The van der Waals surface area contributed by atoms with Crippen molar-refractivity contribution in [1.82, 2.24) is 30.0 Å². The van der Waals surface area contributed by atoms with E-state index in [1.807, 2.05) is 24.3 Å². The predicted octanol–water partition coefficient (Wildman–Crippen LogP) is 4.28. The molecule has 0 unspecified atom stereocenters. The number of likely N-dealkylation sites (tertiary alicyclic amines) is 1. The van der Waals surface area contributed by atoms with Crippen molar-refractivity contribution in [2.24, 2.45) is 0 Å². The number of carbonyl (C=O) groups excluding carboxylic acids is 1. The van der Waals surface area contributed by atoms with Crippen LogP contribution in [0.4, 0.5) is 24.7 Å². The molecule has 1 fully saturated rings. The van der Waals surface area contributed by atoms with E-state index in [1.54, 1.807) is 30.6 Å². The number of alkyl halides is 2. The average Bonchev–Trinajstić information content (AvgIpc) is 3.48. The Bertz CT molecular complexity index is 1430. The molecule has 8 nitrogen and oxygen atoms in total. The molecule has 1 amide bonds. The quantitative estimate of drug-likeness (QED) is 0.419. The van der Waals surface area contributed by atoms with E-state index in [4.69, 9.17) is 0 Å². The number of anilines is 2. The van der Waals surface area contributed by atoms with Crippen LogP contribution >= 0.6 is 0 Å². The summed E-state index contributed by atoms with van der Waals surface area (Å²) in [6, 6.07) is 12.6. The lowest BCUT2D eigenvalue weighted by Gasteiger charge is -2.40. The number of hydrogen-bond acceptors (Lipinski definition) is 6. The summed E-state index contributed by atoms with van der Waals surface area (Å²) in [7, 11) is 0. The van der Waals surface area contributed by atoms with E-state index in [-0.39, 0.29) is 31.5 Å². The van der Waals surface area contributed by atoms with Crippen LogP contribution in [-0.4, -0.2) is 61.6 Å². The Balaban J connectivity index is 1.19. The van der Waals surface area contributed by atoms with Gasteiger partial charge in [-0.3, -0.25) is 14.8 Å². The number of H-pyrrole nitrogens is 1. The molecule has 182 valence electrons. The fourth-order valence-electron chi connectivity index (χ4n) is 4.47. The summed E-state index contributed by atoms with van der Waals surface area (Å²) < 4.78 is 40.8. The van der Waals surface area contributed by atoms with Crippen LogP contribution in [0.5, 0.6) is 0 Å². The lowest BCUT2D eigenvalue weighted by atomic mass is 10.1. The number of amides is 1. The Morgan fingerprint density at radius 2 is 1.81 bits per heavy atom. The Morgan fingerprint density at radius 1 is 1.03 bits per heavy atom. The van der Waals surface area contributed by atoms with Crippen LogP contribution in [0.25, 0.3) is 22.5 Å². The Kier molecular flexibility index (Phi) is 5.22. The zero-order chi connectivity index (χ0) is 24.9. The van der Waals surface area contributed by atoms with E-state index in [0.29, 0.717) is 29.2 Å². The molecule has 0 saturated carbocycles. The van der Waals surface area contributed by atoms with Crippen LogP contribution in [0.1, 0.15) is 15.9 Å². The van der Waals surface area contributed by atoms with Crippen molar-refractivity contribution in [3.63, 3.8) is 0 Å². The fourth-order valence-corrected chi connectivity index (χ4v) is 4.47. The first-order valence-corrected chi connectivity index (χ1v) is 11.3. The highest BCUT2D eigenvalue weighted by atomic mass is 19.3. The van der Waals surface area contributed by atoms with Crippen LogP contribution in [0.3, 0.4) is 0 Å². The monoisotopic (exact) mass is 491 g/mol. The van der Waals surface area contributed by atoms with Gasteiger partial charge in [0, 0.05) is 35.1 Å². The summed E-state index contributed by atoms with van der Waals surface area (Å²) in [6.45, 7) is -0.231. The van der Waals surface area contributed by atoms with Gasteiger partial charge in [0.25, 0.3) is 11.8 Å². The first-order valence-electron chi connectivity index (χ1n) is 11.3. The lowest BCUT2D eigenvalue weighted by Crippen LogP contribution is -2.59. The first-order chi connectivity index (χ1) is 17.3. The van der Waals surface area contributed by atoms with Crippen molar-refractivity contribution in [3.8, 4) is 22.5 Å². The van der Waals surface area contributed by atoms with Gasteiger partial charge in [0.2, 0.25) is 0 Å². The Hall–Kier alpha value is -4.25. The van der Waals surface area contributed by atoms with Crippen molar-refractivity contribution >= 4 is 17.4 Å². The van der Waals surface area contributed by atoms with Gasteiger partial charge < -0.3 is 10.2 Å². The molecule has 2 N–H and O–H groups in total. The summed E-state index contributed by atoms with van der Waals surface area (Å²) in [5.41, 5.74) is 4.44. The van der Waals surface area contributed by atoms with E-state index < -0.39 is 11.7 Å². The zero-order valence-corrected chi connectivity index (χ0v) is 18.9. The molecule has 2 aromatic heterocycles. The average molecular weight is 491 g/mol. The number of aromatic nitrogens is 4. The smallest absolute Gasteiger partial charge is 0.273 e. The number of aromatic amines is 1. The molecule has 11 heteroatoms. The van der Waals surface area contributed by atoms with Gasteiger partial charge in [0.1, 0.15) is 0 Å². The molecular formula is C25H20F3N7O. The molecule has 1 saturated heterocycles. The van der Waals surface area contributed by atoms with Crippen molar-refractivity contribution in [3.05, 3.63) is 78.0 Å². The van der Waals surface area contributed by atoms with E-state index in [2.05, 4.69) is 25.5 Å². The maximum absolute atomic E-state index is 14.5. The maximum atomic E-state index is 14.5. The first kappa shape index (κ1) is 22.2. The van der Waals surface area contributed by atoms with Gasteiger partial charge in [-0.05, 0) is 35.4 Å². The lowest BCUT2D eigenvalue weighted by molar-refractivity contribution is -0.141. The fraction of sp³-hybridized carbons (Fsp3) is 0.200. The molecular weight excluding hydrogens is 471 g/mol. The molecule has 0 spiro atoms. The van der Waals surface area contributed by atoms with E-state index in [1.165, 1.54) is 9.80 Å². The molecule has 0 aliphatic carbocycles. The summed E-state index contributed by atoms with van der Waals surface area (Å²) in [6.07, 6.45) is 4.59. The van der Waals surface area contributed by atoms with Crippen LogP contribution in [0.2, 0.25) is 0 Å². The molecule has 0 radical (unpaired) electrons. The molecule has 0 bridgehead atoms. The van der Waals surface area contributed by atoms with E-state index in [0.717, 1.165) is 22.9 Å². The number of carbonyl (C=O) groups is 1. The number of nitrogens with one attached hydrogen (secondary N) is 2. The second kappa shape index (κ2) is 8.45. The second-order valence-corrected chi connectivity index (χ2v) is 8.94. The second-order valence-electron chi connectivity index (χ2n) is 8.94. The summed E-state index contributed by atoms with van der Waals surface area (Å²) in [5, 5.41) is 9.68. The van der Waals surface area contributed by atoms with Crippen LogP contribution in [0, 0.1) is 5.82 Å². The molecule has 4 heterocycles. The highest BCUT2D eigenvalue weighted by Crippen LogP contribution is 2.31. The molecule has 2 aromatic carbocycles. The number of fused-ring (bicyclic) bond motifs is 1. The molecule has 2 aliphatic heterocycles. The molecule has 0 atom stereocenters. The van der Waals surface area contributed by atoms with Crippen molar-refractivity contribution in [2.75, 3.05) is 25.1 Å². The Labute approximate surface area is 203 Å². The van der Waals surface area contributed by atoms with Crippen LogP contribution < -0.4 is 5.32 Å². The van der Waals surface area contributed by atoms with E-state index in [9.17, 15) is 18.0 Å². The highest BCUT2D eigenvalue weighted by Gasteiger charge is 2.45. The van der Waals surface area contributed by atoms with Crippen molar-refractivity contribution in [1.29, 1.82) is 0 Å². The van der Waals surface area contributed by atoms with Crippen LogP contribution in [-0.2, 0) is 6.54 Å². The number of nitrogens with zero attached hydrogens (tertiary/aromatic N) is 5. The third-order valence-electron chi connectivity index (χ3n) is 6.25. The van der Waals surface area contributed by atoms with Gasteiger partial charge in [-0.2, -0.15) is 5.10 Å². The Morgan fingerprint density at radius 3 is 2.53 bits per heavy atom. The zero-order valence-electron chi connectivity index (χ0n) is 18.9. The van der Waals surface area contributed by atoms with Gasteiger partial charge in [0.15, 0.2) is 17.5 Å². The summed E-state index contributed by atoms with van der Waals surface area (Å²) in [5.74, 6) is -3.17. The predicted molar refractivity (Wildman–Crippen MR) is 126 cm³/mol. The molecule has 4 aromatic rings. The minimum atomic E-state index is -2.68. The highest BCUT2D eigenvalue weighted by molar-refractivity contribution is 5.98. The van der Waals surface area contributed by atoms with Crippen LogP contribution in [0.15, 0.2) is 61.1 Å². The normalized spacial score (nSPS) is 16.6. The summed E-state index contributed by atoms with van der Waals surface area (Å²) >= 11 is 0. The van der Waals surface area contributed by atoms with Gasteiger partial charge >= 0.3 is 0 Å². The van der Waals surface area contributed by atoms with Crippen molar-refractivity contribution in [2.45, 2.75) is 12.5 Å². The molecule has 6 rings (SSSR count). The van der Waals surface area contributed by atoms with Gasteiger partial charge in [-0.15, -0.1) is 0 Å². The molecule has 36 heavy (non-hydrogen) atoms. The number of hydrogen-bond donors (Lipinski definition) is 2. The van der Waals surface area contributed by atoms with Gasteiger partial charge in [-0.25, -0.2) is 23.1 Å². The minimum Gasteiger partial charge on any atom is -0.338 e. The topological polar surface area (TPSA) is 90.0 Å². The third kappa shape index (κ3) is 4.17. The number of benzene rings is 2. The standard InChI is InChI=1S/C25H20F3N7O/c26-21-10-29-22(33-23(21)32-19-4-1-15(2-5-19)18-8-30-31-9-18)16-3-6-20-17(7-16)11-35(24(20)36)14-34-12-25(27,28)13-34/h1-10H,11-14H2,(H,30,31)(H,29,32,33). The van der Waals surface area contributed by atoms with E-state index >= 15 is 0 Å². The summed E-state index contributed by atoms with van der Waals surface area (Å²) in [4.78, 5) is 24.3. The number of halogens is 3. The maximum Gasteiger partial charge on any atom is 0.273 e.